The number of benzene rings is 1. The summed E-state index contributed by atoms with van der Waals surface area (Å²) in [5, 5.41) is -0.197. The van der Waals surface area contributed by atoms with Crippen LogP contribution in [0.2, 0.25) is 5.02 Å². The molecule has 0 radical (unpaired) electrons. The van der Waals surface area contributed by atoms with Crippen LogP contribution in [0.25, 0.3) is 4.85 Å². The van der Waals surface area contributed by atoms with Crippen molar-refractivity contribution in [1.29, 1.82) is 0 Å². The second-order valence-electron chi connectivity index (χ2n) is 1.83. The summed E-state index contributed by atoms with van der Waals surface area (Å²) in [6, 6.07) is 1.53. The van der Waals surface area contributed by atoms with Crippen LogP contribution in [0, 0.1) is 18.2 Å². The molecule has 0 N–H and O–H groups in total. The van der Waals surface area contributed by atoms with Crippen molar-refractivity contribution >= 4 is 17.3 Å². The van der Waals surface area contributed by atoms with Gasteiger partial charge in [-0.1, -0.05) is 11.6 Å². The van der Waals surface area contributed by atoms with E-state index < -0.39 is 11.6 Å². The number of hydrogen-bond acceptors (Lipinski definition) is 0. The van der Waals surface area contributed by atoms with Crippen molar-refractivity contribution in [3.05, 3.63) is 40.2 Å². The first-order valence-electron chi connectivity index (χ1n) is 2.67. The first-order valence-corrected chi connectivity index (χ1v) is 3.05. The lowest BCUT2D eigenvalue weighted by molar-refractivity contribution is 0.587. The molecule has 1 aromatic rings. The van der Waals surface area contributed by atoms with Crippen molar-refractivity contribution in [1.82, 2.24) is 0 Å². The smallest absolute Gasteiger partial charge is 0.233 e. The number of halogens is 3. The van der Waals surface area contributed by atoms with Crippen LogP contribution in [0.15, 0.2) is 12.1 Å². The maximum atomic E-state index is 12.6. The largest absolute Gasteiger partial charge is 0.240 e. The molecule has 0 saturated carbocycles. The summed E-state index contributed by atoms with van der Waals surface area (Å²) in [4.78, 5) is 2.79. The van der Waals surface area contributed by atoms with Crippen molar-refractivity contribution in [3.8, 4) is 0 Å². The van der Waals surface area contributed by atoms with E-state index in [-0.39, 0.29) is 10.7 Å². The number of nitrogens with zero attached hydrogens (tertiary/aromatic N) is 1. The second-order valence-corrected chi connectivity index (χ2v) is 2.24. The highest BCUT2D eigenvalue weighted by Crippen LogP contribution is 2.28. The van der Waals surface area contributed by atoms with Gasteiger partial charge in [-0.05, 0) is 12.1 Å². The third kappa shape index (κ3) is 1.47. The SMILES string of the molecule is [C-]#[N+]c1c(F)cc(F)cc1Cl. The predicted molar refractivity (Wildman–Crippen MR) is 37.6 cm³/mol. The minimum Gasteiger partial charge on any atom is -0.233 e. The maximum Gasteiger partial charge on any atom is 0.240 e. The van der Waals surface area contributed by atoms with Crippen LogP contribution < -0.4 is 0 Å². The maximum absolute atomic E-state index is 12.6. The quantitative estimate of drug-likeness (QED) is 0.531. The fourth-order valence-electron chi connectivity index (χ4n) is 0.641. The molecule has 0 aliphatic heterocycles. The molecule has 0 aromatic heterocycles. The van der Waals surface area contributed by atoms with Gasteiger partial charge < -0.3 is 0 Å². The summed E-state index contributed by atoms with van der Waals surface area (Å²) >= 11 is 5.34. The van der Waals surface area contributed by atoms with Crippen LogP contribution in [0.4, 0.5) is 14.5 Å². The van der Waals surface area contributed by atoms with Crippen molar-refractivity contribution < 1.29 is 8.78 Å². The molecule has 0 aliphatic carbocycles. The standard InChI is InChI=1S/C7H2ClF2N/c1-11-7-5(8)2-4(9)3-6(7)10/h2-3H. The lowest BCUT2D eigenvalue weighted by atomic mass is 10.3. The zero-order valence-electron chi connectivity index (χ0n) is 5.24. The van der Waals surface area contributed by atoms with Gasteiger partial charge in [-0.15, -0.1) is 0 Å². The Hall–Kier alpha value is -1.14. The molecule has 0 spiro atoms. The molecule has 0 heterocycles. The van der Waals surface area contributed by atoms with Crippen molar-refractivity contribution in [2.75, 3.05) is 0 Å². The molecular formula is C7H2ClF2N. The third-order valence-corrected chi connectivity index (χ3v) is 1.38. The molecule has 1 aromatic carbocycles. The molecule has 0 unspecified atom stereocenters. The van der Waals surface area contributed by atoms with Crippen LogP contribution in [0.3, 0.4) is 0 Å². The molecule has 0 bridgehead atoms. The molecule has 0 fully saturated rings. The molecule has 1 rings (SSSR count). The van der Waals surface area contributed by atoms with Crippen molar-refractivity contribution in [2.45, 2.75) is 0 Å². The highest BCUT2D eigenvalue weighted by molar-refractivity contribution is 6.33. The monoisotopic (exact) mass is 173 g/mol. The normalized spacial score (nSPS) is 9.27. The molecule has 0 aliphatic rings. The molecule has 11 heavy (non-hydrogen) atoms. The van der Waals surface area contributed by atoms with E-state index in [4.69, 9.17) is 18.2 Å². The molecular weight excluding hydrogens is 172 g/mol. The summed E-state index contributed by atoms with van der Waals surface area (Å²) in [5.74, 6) is -1.70. The van der Waals surface area contributed by atoms with Crippen LogP contribution in [0.5, 0.6) is 0 Å². The summed E-state index contributed by atoms with van der Waals surface area (Å²) in [5.41, 5.74) is -0.340. The zero-order chi connectivity index (χ0) is 8.43. The average Bonchev–Trinajstić information content (AvgIpc) is 1.85. The Bertz CT molecular complexity index is 307. The Morgan fingerprint density at radius 3 is 2.45 bits per heavy atom. The van der Waals surface area contributed by atoms with E-state index in [0.29, 0.717) is 6.07 Å². The average molecular weight is 174 g/mol. The molecule has 56 valence electrons. The first-order chi connectivity index (χ1) is 5.15. The van der Waals surface area contributed by atoms with Gasteiger partial charge in [0.15, 0.2) is 0 Å². The molecule has 0 atom stereocenters. The zero-order valence-corrected chi connectivity index (χ0v) is 5.99. The van der Waals surface area contributed by atoms with E-state index in [2.05, 4.69) is 4.85 Å². The summed E-state index contributed by atoms with van der Waals surface area (Å²) in [6.07, 6.45) is 0. The van der Waals surface area contributed by atoms with Gasteiger partial charge in [0.25, 0.3) is 0 Å². The van der Waals surface area contributed by atoms with E-state index in [9.17, 15) is 8.78 Å². The molecule has 0 saturated heterocycles. The van der Waals surface area contributed by atoms with E-state index >= 15 is 0 Å². The minimum absolute atomic E-state index is 0.197. The summed E-state index contributed by atoms with van der Waals surface area (Å²) in [6.45, 7) is 6.47. The van der Waals surface area contributed by atoms with E-state index in [0.717, 1.165) is 6.07 Å². The van der Waals surface area contributed by atoms with Gasteiger partial charge >= 0.3 is 0 Å². The first kappa shape index (κ1) is 7.96. The summed E-state index contributed by atoms with van der Waals surface area (Å²) < 4.78 is 24.9. The van der Waals surface area contributed by atoms with Gasteiger partial charge in [-0.2, -0.15) is 0 Å². The fourth-order valence-corrected chi connectivity index (χ4v) is 0.878. The van der Waals surface area contributed by atoms with E-state index in [1.807, 2.05) is 0 Å². The van der Waals surface area contributed by atoms with Gasteiger partial charge in [-0.3, -0.25) is 0 Å². The topological polar surface area (TPSA) is 4.36 Å². The Morgan fingerprint density at radius 2 is 2.00 bits per heavy atom. The van der Waals surface area contributed by atoms with Crippen molar-refractivity contribution in [2.24, 2.45) is 0 Å². The Kier molecular flexibility index (Phi) is 2.06. The van der Waals surface area contributed by atoms with E-state index in [1.165, 1.54) is 0 Å². The van der Waals surface area contributed by atoms with Gasteiger partial charge in [0.2, 0.25) is 5.69 Å². The Balaban J connectivity index is 3.40. The van der Waals surface area contributed by atoms with Gasteiger partial charge in [0.05, 0.1) is 11.6 Å². The van der Waals surface area contributed by atoms with E-state index in [1.54, 1.807) is 0 Å². The van der Waals surface area contributed by atoms with Crippen molar-refractivity contribution in [3.63, 3.8) is 0 Å². The van der Waals surface area contributed by atoms with Crippen LogP contribution in [-0.4, -0.2) is 0 Å². The van der Waals surface area contributed by atoms with Crippen LogP contribution in [-0.2, 0) is 0 Å². The third-order valence-electron chi connectivity index (χ3n) is 1.09. The Labute approximate surface area is 67.0 Å². The van der Waals surface area contributed by atoms with Gasteiger partial charge in [-0.25, -0.2) is 13.6 Å². The number of hydrogen-bond donors (Lipinski definition) is 0. The molecule has 1 nitrogen and oxygen atoms in total. The molecule has 4 heteroatoms. The Morgan fingerprint density at radius 1 is 1.36 bits per heavy atom. The second kappa shape index (κ2) is 2.85. The lowest BCUT2D eigenvalue weighted by Crippen LogP contribution is -1.79. The fraction of sp³-hybridized carbons (Fsp3) is 0. The highest BCUT2D eigenvalue weighted by atomic mass is 35.5. The minimum atomic E-state index is -0.926. The summed E-state index contributed by atoms with van der Waals surface area (Å²) in [7, 11) is 0. The van der Waals surface area contributed by atoms with Crippen LogP contribution in [0.1, 0.15) is 0 Å². The van der Waals surface area contributed by atoms with Gasteiger partial charge in [0.1, 0.15) is 11.6 Å². The molecule has 0 amide bonds. The lowest BCUT2D eigenvalue weighted by Gasteiger charge is -1.95. The predicted octanol–water partition coefficient (Wildman–Crippen LogP) is 3.17. The van der Waals surface area contributed by atoms with Crippen LogP contribution >= 0.6 is 11.6 Å². The highest BCUT2D eigenvalue weighted by Gasteiger charge is 2.08. The number of rotatable bonds is 0. The van der Waals surface area contributed by atoms with Gasteiger partial charge in [0, 0.05) is 0 Å².